The van der Waals surface area contributed by atoms with Gasteiger partial charge in [-0.2, -0.15) is 0 Å². The minimum atomic E-state index is 1.13. The van der Waals surface area contributed by atoms with Gasteiger partial charge < -0.3 is 4.90 Å². The maximum Gasteiger partial charge on any atom is 0.0718 e. The third-order valence-corrected chi connectivity index (χ3v) is 12.2. The van der Waals surface area contributed by atoms with E-state index >= 15 is 0 Å². The Morgan fingerprint density at radius 2 is 0.784 bits per heavy atom. The number of thiophene rings is 2. The topological polar surface area (TPSA) is 3.24 Å². The Balaban J connectivity index is 1.18. The van der Waals surface area contributed by atoms with Gasteiger partial charge in [-0.1, -0.05) is 152 Å². The molecule has 51 heavy (non-hydrogen) atoms. The van der Waals surface area contributed by atoms with Crippen LogP contribution in [0.15, 0.2) is 188 Å². The zero-order chi connectivity index (χ0) is 33.7. The van der Waals surface area contributed by atoms with E-state index in [2.05, 4.69) is 193 Å². The minimum Gasteiger partial charge on any atom is -0.308 e. The van der Waals surface area contributed by atoms with E-state index in [0.717, 1.165) is 11.4 Å². The molecule has 0 saturated carbocycles. The van der Waals surface area contributed by atoms with E-state index in [9.17, 15) is 0 Å². The zero-order valence-electron chi connectivity index (χ0n) is 27.7. The average Bonchev–Trinajstić information content (AvgIpc) is 3.77. The van der Waals surface area contributed by atoms with E-state index < -0.39 is 0 Å². The maximum absolute atomic E-state index is 2.49. The van der Waals surface area contributed by atoms with E-state index in [-0.39, 0.29) is 0 Å². The largest absolute Gasteiger partial charge is 0.308 e. The van der Waals surface area contributed by atoms with Crippen molar-refractivity contribution in [3.05, 3.63) is 188 Å². The molecule has 8 aromatic carbocycles. The van der Waals surface area contributed by atoms with E-state index in [1.165, 1.54) is 79.4 Å². The predicted octanol–water partition coefficient (Wildman–Crippen LogP) is 14.9. The van der Waals surface area contributed by atoms with Crippen molar-refractivity contribution in [2.45, 2.75) is 0 Å². The first-order valence-electron chi connectivity index (χ1n) is 17.3. The van der Waals surface area contributed by atoms with Crippen molar-refractivity contribution in [3.63, 3.8) is 0 Å². The molecule has 0 N–H and O–H groups in total. The van der Waals surface area contributed by atoms with Gasteiger partial charge in [-0.15, -0.1) is 22.7 Å². The summed E-state index contributed by atoms with van der Waals surface area (Å²) < 4.78 is 5.19. The number of nitrogens with zero attached hydrogens (tertiary/aromatic N) is 1. The summed E-state index contributed by atoms with van der Waals surface area (Å²) in [7, 11) is 0. The Labute approximate surface area is 304 Å². The van der Waals surface area contributed by atoms with Crippen molar-refractivity contribution in [1.29, 1.82) is 0 Å². The Hall–Kier alpha value is -6.00. The molecule has 2 aromatic heterocycles. The Morgan fingerprint density at radius 1 is 0.314 bits per heavy atom. The number of fused-ring (bicyclic) bond motifs is 6. The van der Waals surface area contributed by atoms with Crippen molar-refractivity contribution in [2.24, 2.45) is 0 Å². The molecule has 0 saturated heterocycles. The molecule has 0 fully saturated rings. The van der Waals surface area contributed by atoms with E-state index in [1.54, 1.807) is 0 Å². The lowest BCUT2D eigenvalue weighted by Crippen LogP contribution is -2.11. The fourth-order valence-electron chi connectivity index (χ4n) is 7.40. The molecule has 3 heteroatoms. The molecule has 10 rings (SSSR count). The molecular weight excluding hydrogens is 655 g/mol. The number of rotatable bonds is 6. The summed E-state index contributed by atoms with van der Waals surface area (Å²) in [5.74, 6) is 0. The number of benzene rings is 8. The fraction of sp³-hybridized carbons (Fsp3) is 0. The lowest BCUT2D eigenvalue weighted by molar-refractivity contribution is 1.31. The van der Waals surface area contributed by atoms with E-state index in [0.29, 0.717) is 0 Å². The molecule has 0 amide bonds. The molecule has 2 heterocycles. The summed E-state index contributed by atoms with van der Waals surface area (Å²) in [4.78, 5) is 2.49. The molecule has 0 radical (unpaired) electrons. The Kier molecular flexibility index (Phi) is 7.26. The second-order valence-corrected chi connectivity index (χ2v) is 15.0. The highest BCUT2D eigenvalue weighted by atomic mass is 32.1. The smallest absolute Gasteiger partial charge is 0.0718 e. The second kappa shape index (κ2) is 12.4. The van der Waals surface area contributed by atoms with Crippen molar-refractivity contribution < 1.29 is 0 Å². The lowest BCUT2D eigenvalue weighted by Gasteiger charge is -2.29. The molecule has 0 aliphatic carbocycles. The van der Waals surface area contributed by atoms with Crippen LogP contribution in [0.25, 0.3) is 73.7 Å². The summed E-state index contributed by atoms with van der Waals surface area (Å²) in [5, 5.41) is 5.20. The van der Waals surface area contributed by atoms with Crippen molar-refractivity contribution in [2.75, 3.05) is 4.90 Å². The summed E-state index contributed by atoms with van der Waals surface area (Å²) in [6.07, 6.45) is 0. The highest BCUT2D eigenvalue weighted by molar-refractivity contribution is 7.26. The molecule has 0 aliphatic rings. The van der Waals surface area contributed by atoms with Gasteiger partial charge in [-0.3, -0.25) is 0 Å². The predicted molar refractivity (Wildman–Crippen MR) is 223 cm³/mol. The molecule has 10 aromatic rings. The van der Waals surface area contributed by atoms with Crippen LogP contribution in [0.5, 0.6) is 0 Å². The number of hydrogen-bond donors (Lipinski definition) is 0. The van der Waals surface area contributed by atoms with Crippen molar-refractivity contribution in [3.8, 4) is 33.4 Å². The van der Waals surface area contributed by atoms with Crippen LogP contribution in [0.3, 0.4) is 0 Å². The number of anilines is 3. The standard InChI is InChI=1S/C48H31NS2/c1-3-11-32(12-4-1)33-19-21-34(22-20-33)35-23-25-37(26-24-35)49(38-27-28-42-40-15-7-9-17-44(40)50-46(42)31-38)47-39(36-13-5-2-6-14-36)29-30-43-41-16-8-10-18-45(41)51-48(43)47/h1-31H. The molecule has 240 valence electrons. The van der Waals surface area contributed by atoms with Crippen molar-refractivity contribution >= 4 is 80.1 Å². The summed E-state index contributed by atoms with van der Waals surface area (Å²) in [5.41, 5.74) is 10.8. The van der Waals surface area contributed by atoms with Crippen LogP contribution in [0.2, 0.25) is 0 Å². The van der Waals surface area contributed by atoms with Gasteiger partial charge in [0.25, 0.3) is 0 Å². The maximum atomic E-state index is 2.49. The van der Waals surface area contributed by atoms with Gasteiger partial charge in [-0.05, 0) is 64.2 Å². The van der Waals surface area contributed by atoms with Crippen LogP contribution in [0, 0.1) is 0 Å². The van der Waals surface area contributed by atoms with Gasteiger partial charge >= 0.3 is 0 Å². The van der Waals surface area contributed by atoms with Gasteiger partial charge in [0.2, 0.25) is 0 Å². The highest BCUT2D eigenvalue weighted by Gasteiger charge is 2.23. The normalized spacial score (nSPS) is 11.5. The first-order valence-corrected chi connectivity index (χ1v) is 18.9. The monoisotopic (exact) mass is 685 g/mol. The van der Waals surface area contributed by atoms with Gasteiger partial charge in [0.05, 0.1) is 10.4 Å². The van der Waals surface area contributed by atoms with Crippen LogP contribution in [-0.4, -0.2) is 0 Å². The van der Waals surface area contributed by atoms with Crippen LogP contribution in [0.1, 0.15) is 0 Å². The Bertz CT molecular complexity index is 2830. The van der Waals surface area contributed by atoms with Crippen LogP contribution < -0.4 is 4.90 Å². The van der Waals surface area contributed by atoms with Gasteiger partial charge in [0.15, 0.2) is 0 Å². The molecule has 0 unspecified atom stereocenters. The molecule has 0 atom stereocenters. The zero-order valence-corrected chi connectivity index (χ0v) is 29.3. The van der Waals surface area contributed by atoms with Crippen LogP contribution in [-0.2, 0) is 0 Å². The minimum absolute atomic E-state index is 1.13. The average molecular weight is 686 g/mol. The SMILES string of the molecule is c1ccc(-c2ccc(-c3ccc(N(c4ccc5c(c4)sc4ccccc45)c4c(-c5ccccc5)ccc5c4sc4ccccc45)cc3)cc2)cc1. The quantitative estimate of drug-likeness (QED) is 0.168. The summed E-state index contributed by atoms with van der Waals surface area (Å²) >= 11 is 3.75. The van der Waals surface area contributed by atoms with Crippen molar-refractivity contribution in [1.82, 2.24) is 0 Å². The van der Waals surface area contributed by atoms with E-state index in [1.807, 2.05) is 22.7 Å². The first-order chi connectivity index (χ1) is 25.3. The Morgan fingerprint density at radius 3 is 1.45 bits per heavy atom. The van der Waals surface area contributed by atoms with Crippen LogP contribution in [0.4, 0.5) is 17.1 Å². The lowest BCUT2D eigenvalue weighted by atomic mass is 9.98. The first kappa shape index (κ1) is 29.9. The van der Waals surface area contributed by atoms with Gasteiger partial charge in [-0.25, -0.2) is 0 Å². The molecule has 1 nitrogen and oxygen atoms in total. The second-order valence-electron chi connectivity index (χ2n) is 12.9. The van der Waals surface area contributed by atoms with Crippen LogP contribution >= 0.6 is 22.7 Å². The summed E-state index contributed by atoms with van der Waals surface area (Å²) in [6, 6.07) is 68.6. The molecule has 0 bridgehead atoms. The van der Waals surface area contributed by atoms with Gasteiger partial charge in [0.1, 0.15) is 0 Å². The number of hydrogen-bond acceptors (Lipinski definition) is 3. The third kappa shape index (κ3) is 5.21. The molecular formula is C48H31NS2. The van der Waals surface area contributed by atoms with Gasteiger partial charge in [0, 0.05) is 52.6 Å². The fourth-order valence-corrected chi connectivity index (χ4v) is 9.78. The van der Waals surface area contributed by atoms with E-state index in [4.69, 9.17) is 0 Å². The third-order valence-electron chi connectivity index (χ3n) is 9.90. The summed E-state index contributed by atoms with van der Waals surface area (Å²) in [6.45, 7) is 0. The molecule has 0 spiro atoms. The molecule has 0 aliphatic heterocycles. The highest BCUT2D eigenvalue weighted by Crippen LogP contribution is 2.50.